The smallest absolute Gasteiger partial charge is 0.186 e. The summed E-state index contributed by atoms with van der Waals surface area (Å²) in [5, 5.41) is 38.4. The molecule has 4 N–H and O–H groups in total. The summed E-state index contributed by atoms with van der Waals surface area (Å²) < 4.78 is 10.8. The van der Waals surface area contributed by atoms with Crippen molar-refractivity contribution < 1.29 is 29.9 Å². The van der Waals surface area contributed by atoms with Crippen LogP contribution < -0.4 is 0 Å². The van der Waals surface area contributed by atoms with Crippen LogP contribution in [-0.2, 0) is 9.47 Å². The van der Waals surface area contributed by atoms with E-state index in [0.29, 0.717) is 6.61 Å². The SMILES string of the molecule is CCCCCCCCCCCCCO[C@@H]1O[C@@H](CO)[C@H](O)[C@@H](O)[C@@H]1O. The van der Waals surface area contributed by atoms with Gasteiger partial charge in [-0.05, 0) is 6.42 Å². The topological polar surface area (TPSA) is 99.4 Å². The fourth-order valence-corrected chi connectivity index (χ4v) is 3.17. The molecule has 0 bridgehead atoms. The van der Waals surface area contributed by atoms with Crippen molar-refractivity contribution in [1.82, 2.24) is 0 Å². The maximum atomic E-state index is 9.86. The van der Waals surface area contributed by atoms with Gasteiger partial charge in [0, 0.05) is 6.61 Å². The lowest BCUT2D eigenvalue weighted by Crippen LogP contribution is -2.59. The number of unbranched alkanes of at least 4 members (excludes halogenated alkanes) is 10. The molecule has 1 rings (SSSR count). The Balaban J connectivity index is 1.99. The quantitative estimate of drug-likeness (QED) is 0.353. The van der Waals surface area contributed by atoms with Crippen molar-refractivity contribution >= 4 is 0 Å². The summed E-state index contributed by atoms with van der Waals surface area (Å²) in [6, 6.07) is 0. The van der Waals surface area contributed by atoms with Crippen LogP contribution in [0.4, 0.5) is 0 Å². The second-order valence-corrected chi connectivity index (χ2v) is 7.10. The molecule has 25 heavy (non-hydrogen) atoms. The molecule has 0 unspecified atom stereocenters. The first-order valence-electron chi connectivity index (χ1n) is 10.0. The highest BCUT2D eigenvalue weighted by Crippen LogP contribution is 2.22. The van der Waals surface area contributed by atoms with Gasteiger partial charge in [-0.3, -0.25) is 0 Å². The van der Waals surface area contributed by atoms with E-state index in [2.05, 4.69) is 6.92 Å². The Hall–Kier alpha value is -0.240. The molecule has 0 aromatic carbocycles. The highest BCUT2D eigenvalue weighted by Gasteiger charge is 2.43. The van der Waals surface area contributed by atoms with Gasteiger partial charge in [0.05, 0.1) is 6.61 Å². The predicted molar refractivity (Wildman–Crippen MR) is 96.2 cm³/mol. The minimum Gasteiger partial charge on any atom is -0.394 e. The average Bonchev–Trinajstić information content (AvgIpc) is 2.62. The molecule has 1 aliphatic heterocycles. The molecule has 6 heteroatoms. The molecule has 0 aromatic rings. The Labute approximate surface area is 152 Å². The molecule has 1 saturated heterocycles. The number of hydrogen-bond acceptors (Lipinski definition) is 6. The highest BCUT2D eigenvalue weighted by molar-refractivity contribution is 4.88. The van der Waals surface area contributed by atoms with Crippen molar-refractivity contribution in [2.24, 2.45) is 0 Å². The average molecular weight is 363 g/mol. The van der Waals surface area contributed by atoms with Gasteiger partial charge in [0.25, 0.3) is 0 Å². The molecular weight excluding hydrogens is 324 g/mol. The van der Waals surface area contributed by atoms with Crippen LogP contribution in [0.1, 0.15) is 77.6 Å². The summed E-state index contributed by atoms with van der Waals surface area (Å²) in [5.74, 6) is 0. The van der Waals surface area contributed by atoms with E-state index in [-0.39, 0.29) is 0 Å². The monoisotopic (exact) mass is 362 g/mol. The van der Waals surface area contributed by atoms with E-state index in [0.717, 1.165) is 12.8 Å². The van der Waals surface area contributed by atoms with E-state index < -0.39 is 37.3 Å². The van der Waals surface area contributed by atoms with Crippen molar-refractivity contribution in [3.8, 4) is 0 Å². The van der Waals surface area contributed by atoms with Crippen LogP contribution in [0.15, 0.2) is 0 Å². The van der Waals surface area contributed by atoms with E-state index in [1.54, 1.807) is 0 Å². The second kappa shape index (κ2) is 13.9. The molecular formula is C19H38O6. The number of hydrogen-bond donors (Lipinski definition) is 4. The van der Waals surface area contributed by atoms with Crippen molar-refractivity contribution in [1.29, 1.82) is 0 Å². The van der Waals surface area contributed by atoms with Gasteiger partial charge >= 0.3 is 0 Å². The second-order valence-electron chi connectivity index (χ2n) is 7.10. The number of rotatable bonds is 14. The zero-order chi connectivity index (χ0) is 18.5. The van der Waals surface area contributed by atoms with Crippen molar-refractivity contribution in [3.05, 3.63) is 0 Å². The first kappa shape index (κ1) is 22.8. The molecule has 6 nitrogen and oxygen atoms in total. The van der Waals surface area contributed by atoms with Crippen LogP contribution >= 0.6 is 0 Å². The maximum absolute atomic E-state index is 9.86. The van der Waals surface area contributed by atoms with Gasteiger partial charge < -0.3 is 29.9 Å². The molecule has 5 atom stereocenters. The Morgan fingerprint density at radius 2 is 1.24 bits per heavy atom. The zero-order valence-electron chi connectivity index (χ0n) is 15.7. The van der Waals surface area contributed by atoms with Crippen LogP contribution in [0.3, 0.4) is 0 Å². The molecule has 0 spiro atoms. The Bertz CT molecular complexity index is 312. The van der Waals surface area contributed by atoms with Gasteiger partial charge in [0.1, 0.15) is 24.4 Å². The third kappa shape index (κ3) is 8.80. The molecule has 1 heterocycles. The van der Waals surface area contributed by atoms with E-state index in [4.69, 9.17) is 14.6 Å². The van der Waals surface area contributed by atoms with Crippen LogP contribution in [-0.4, -0.2) is 64.3 Å². The largest absolute Gasteiger partial charge is 0.394 e. The third-order valence-electron chi connectivity index (χ3n) is 4.88. The van der Waals surface area contributed by atoms with Gasteiger partial charge in [0.15, 0.2) is 6.29 Å². The van der Waals surface area contributed by atoms with Crippen molar-refractivity contribution in [2.45, 2.75) is 108 Å². The fraction of sp³-hybridized carbons (Fsp3) is 1.00. The van der Waals surface area contributed by atoms with E-state index in [1.807, 2.05) is 0 Å². The van der Waals surface area contributed by atoms with Crippen LogP contribution in [0.25, 0.3) is 0 Å². The first-order valence-corrected chi connectivity index (χ1v) is 10.0. The van der Waals surface area contributed by atoms with E-state index >= 15 is 0 Å². The zero-order valence-corrected chi connectivity index (χ0v) is 15.7. The molecule has 1 aliphatic rings. The van der Waals surface area contributed by atoms with Gasteiger partial charge in [-0.2, -0.15) is 0 Å². The van der Waals surface area contributed by atoms with Gasteiger partial charge in [-0.15, -0.1) is 0 Å². The molecule has 0 aliphatic carbocycles. The highest BCUT2D eigenvalue weighted by atomic mass is 16.7. The normalized spacial score (nSPS) is 29.9. The fourth-order valence-electron chi connectivity index (χ4n) is 3.17. The standard InChI is InChI=1S/C19H38O6/c1-2-3-4-5-6-7-8-9-10-11-12-13-24-19-18(23)17(22)16(21)15(14-20)25-19/h15-23H,2-14H2,1H3/t15-,16-,17+,18-,19+/m0/s1. The summed E-state index contributed by atoms with van der Waals surface area (Å²) in [6.45, 7) is 2.24. The van der Waals surface area contributed by atoms with Crippen LogP contribution in [0.2, 0.25) is 0 Å². The summed E-state index contributed by atoms with van der Waals surface area (Å²) in [5.41, 5.74) is 0. The Kier molecular flexibility index (Phi) is 12.7. The van der Waals surface area contributed by atoms with Gasteiger partial charge in [-0.1, -0.05) is 71.1 Å². The molecule has 1 fully saturated rings. The van der Waals surface area contributed by atoms with Gasteiger partial charge in [0.2, 0.25) is 0 Å². The van der Waals surface area contributed by atoms with Crippen molar-refractivity contribution in [2.75, 3.05) is 13.2 Å². The summed E-state index contributed by atoms with van der Waals surface area (Å²) in [6.07, 6.45) is 7.79. The Morgan fingerprint density at radius 1 is 0.720 bits per heavy atom. The van der Waals surface area contributed by atoms with Crippen LogP contribution in [0.5, 0.6) is 0 Å². The molecule has 0 amide bonds. The molecule has 0 aromatic heterocycles. The molecule has 150 valence electrons. The lowest BCUT2D eigenvalue weighted by molar-refractivity contribution is -0.301. The minimum atomic E-state index is -1.37. The van der Waals surface area contributed by atoms with E-state index in [1.165, 1.54) is 57.8 Å². The van der Waals surface area contributed by atoms with E-state index in [9.17, 15) is 15.3 Å². The summed E-state index contributed by atoms with van der Waals surface area (Å²) in [7, 11) is 0. The number of aliphatic hydroxyl groups excluding tert-OH is 4. The number of ether oxygens (including phenoxy) is 2. The first-order chi connectivity index (χ1) is 12.1. The maximum Gasteiger partial charge on any atom is 0.186 e. The van der Waals surface area contributed by atoms with Crippen molar-refractivity contribution in [3.63, 3.8) is 0 Å². The van der Waals surface area contributed by atoms with Crippen LogP contribution in [0, 0.1) is 0 Å². The summed E-state index contributed by atoms with van der Waals surface area (Å²) >= 11 is 0. The predicted octanol–water partition coefficient (Wildman–Crippen LogP) is 2.11. The lowest BCUT2D eigenvalue weighted by Gasteiger charge is -2.39. The third-order valence-corrected chi connectivity index (χ3v) is 4.88. The molecule has 0 saturated carbocycles. The number of aliphatic hydroxyl groups is 4. The molecule has 0 radical (unpaired) electrons. The minimum absolute atomic E-state index is 0.427. The Morgan fingerprint density at radius 3 is 1.76 bits per heavy atom. The summed E-state index contributed by atoms with van der Waals surface area (Å²) in [4.78, 5) is 0. The lowest BCUT2D eigenvalue weighted by atomic mass is 9.99. The van der Waals surface area contributed by atoms with Gasteiger partial charge in [-0.25, -0.2) is 0 Å².